The van der Waals surface area contributed by atoms with Crippen LogP contribution in [0.3, 0.4) is 0 Å². The second-order valence-corrected chi connectivity index (χ2v) is 26.3. The normalized spacial score (nSPS) is 53.7. The lowest BCUT2D eigenvalue weighted by atomic mass is 9.41. The van der Waals surface area contributed by atoms with E-state index in [0.717, 1.165) is 0 Å². The minimum absolute atomic E-state index is 0.0647. The number of aliphatic hydroxyl groups excluding tert-OH is 18. The van der Waals surface area contributed by atoms with Gasteiger partial charge in [0.1, 0.15) is 122 Å². The molecule has 1 spiro atoms. The van der Waals surface area contributed by atoms with Gasteiger partial charge in [-0.25, -0.2) is 0 Å². The number of esters is 1. The number of rotatable bonds is 18. The molecule has 500 valence electrons. The van der Waals surface area contributed by atoms with Gasteiger partial charge in [-0.05, 0) is 86.5 Å². The van der Waals surface area contributed by atoms with Gasteiger partial charge in [0, 0.05) is 12.8 Å². The van der Waals surface area contributed by atoms with Gasteiger partial charge in [0.15, 0.2) is 31.5 Å². The van der Waals surface area contributed by atoms with E-state index in [0.29, 0.717) is 56.9 Å². The maximum Gasteiger partial charge on any atom is 0.314 e. The summed E-state index contributed by atoms with van der Waals surface area (Å²) in [4.78, 5) is 15.0. The van der Waals surface area contributed by atoms with E-state index >= 15 is 0 Å². The van der Waals surface area contributed by atoms with Gasteiger partial charge in [-0.2, -0.15) is 0 Å². The minimum Gasteiger partial charge on any atom is -0.432 e. The van der Waals surface area contributed by atoms with Crippen molar-refractivity contribution in [2.45, 2.75) is 262 Å². The molecule has 0 amide bonds. The molecule has 31 nitrogen and oxygen atoms in total. The molecule has 6 saturated heterocycles. The summed E-state index contributed by atoms with van der Waals surface area (Å²) in [6.07, 6.45) is -42.8. The summed E-state index contributed by atoms with van der Waals surface area (Å²) >= 11 is 0. The van der Waals surface area contributed by atoms with E-state index in [4.69, 9.17) is 56.8 Å². The smallest absolute Gasteiger partial charge is 0.314 e. The molecule has 0 radical (unpaired) electrons. The molecule has 6 heterocycles. The van der Waals surface area contributed by atoms with Gasteiger partial charge in [-0.15, -0.1) is 0 Å². The lowest BCUT2D eigenvalue weighted by Crippen LogP contribution is -2.68. The van der Waals surface area contributed by atoms with Crippen molar-refractivity contribution >= 4 is 5.97 Å². The summed E-state index contributed by atoms with van der Waals surface area (Å²) < 4.78 is 72.7. The Morgan fingerprint density at radius 3 is 1.56 bits per heavy atom. The summed E-state index contributed by atoms with van der Waals surface area (Å²) in [5, 5.41) is 193. The molecule has 10 fully saturated rings. The summed E-state index contributed by atoms with van der Waals surface area (Å²) in [6, 6.07) is 0. The molecule has 31 heteroatoms. The zero-order valence-corrected chi connectivity index (χ0v) is 48.4. The van der Waals surface area contributed by atoms with Crippen LogP contribution in [-0.2, 0) is 61.6 Å². The first kappa shape index (κ1) is 67.9. The maximum atomic E-state index is 15.0. The molecule has 0 aromatic carbocycles. The van der Waals surface area contributed by atoms with Crippen LogP contribution in [0.5, 0.6) is 0 Å². The van der Waals surface area contributed by atoms with Crippen LogP contribution in [0.1, 0.15) is 84.5 Å². The highest BCUT2D eigenvalue weighted by Crippen LogP contribution is 2.74. The number of fused-ring (bicyclic) bond motifs is 3. The molecule has 18 N–H and O–H groups in total. The van der Waals surface area contributed by atoms with E-state index in [2.05, 4.69) is 13.5 Å². The van der Waals surface area contributed by atoms with Gasteiger partial charge in [0.25, 0.3) is 0 Å². The highest BCUT2D eigenvalue weighted by Gasteiger charge is 2.70. The quantitative estimate of drug-likeness (QED) is 0.0344. The van der Waals surface area contributed by atoms with E-state index in [1.54, 1.807) is 0 Å². The van der Waals surface area contributed by atoms with E-state index in [1.165, 1.54) is 0 Å². The molecule has 6 aliphatic heterocycles. The lowest BCUT2D eigenvalue weighted by molar-refractivity contribution is -0.401. The minimum atomic E-state index is -2.08. The summed E-state index contributed by atoms with van der Waals surface area (Å²) in [5.41, 5.74) is -2.78. The Kier molecular flexibility index (Phi) is 20.9. The number of aliphatic hydroxyl groups is 18. The second kappa shape index (κ2) is 26.8. The van der Waals surface area contributed by atoms with Crippen molar-refractivity contribution in [1.82, 2.24) is 0 Å². The van der Waals surface area contributed by atoms with Crippen LogP contribution in [0.25, 0.3) is 0 Å². The molecule has 0 aromatic heterocycles. The number of ether oxygens (including phenoxy) is 12. The average molecular weight is 1260 g/mol. The predicted octanol–water partition coefficient (Wildman–Crippen LogP) is -7.41. The molecule has 10 aliphatic rings. The van der Waals surface area contributed by atoms with Gasteiger partial charge < -0.3 is 149 Å². The van der Waals surface area contributed by atoms with Crippen molar-refractivity contribution in [2.75, 3.05) is 39.6 Å². The first-order valence-electron chi connectivity index (χ1n) is 30.2. The van der Waals surface area contributed by atoms with Gasteiger partial charge >= 0.3 is 5.97 Å². The Balaban J connectivity index is 0.889. The number of carbonyl (C=O) groups excluding carboxylic acids is 1. The average Bonchev–Trinajstić information content (AvgIpc) is 1.63. The highest BCUT2D eigenvalue weighted by molar-refractivity contribution is 5.77. The van der Waals surface area contributed by atoms with Crippen molar-refractivity contribution in [3.8, 4) is 0 Å². The van der Waals surface area contributed by atoms with Gasteiger partial charge in [-0.3, -0.25) is 4.79 Å². The van der Waals surface area contributed by atoms with Crippen LogP contribution < -0.4 is 0 Å². The zero-order chi connectivity index (χ0) is 63.0. The van der Waals surface area contributed by atoms with E-state index < -0.39 is 239 Å². The third kappa shape index (κ3) is 12.5. The summed E-state index contributed by atoms with van der Waals surface area (Å²) in [7, 11) is 0. The van der Waals surface area contributed by atoms with Gasteiger partial charge in [0.2, 0.25) is 6.29 Å². The molecule has 4 aliphatic carbocycles. The third-order valence-corrected chi connectivity index (χ3v) is 21.0. The molecule has 2 bridgehead atoms. The second-order valence-electron chi connectivity index (χ2n) is 26.3. The van der Waals surface area contributed by atoms with Crippen molar-refractivity contribution in [1.29, 1.82) is 0 Å². The monoisotopic (exact) mass is 1260 g/mol. The van der Waals surface area contributed by atoms with E-state index in [-0.39, 0.29) is 31.1 Å². The fourth-order valence-corrected chi connectivity index (χ4v) is 16.3. The summed E-state index contributed by atoms with van der Waals surface area (Å²) in [6.45, 7) is 4.12. The lowest BCUT2D eigenvalue weighted by Gasteiger charge is -2.64. The molecule has 4 saturated carbocycles. The van der Waals surface area contributed by atoms with Gasteiger partial charge in [0.05, 0.1) is 62.9 Å². The Morgan fingerprint density at radius 2 is 0.977 bits per heavy atom. The fourth-order valence-electron chi connectivity index (χ4n) is 16.3. The predicted molar refractivity (Wildman–Crippen MR) is 282 cm³/mol. The fraction of sp³-hybridized carbons (Fsp3) is 0.946. The van der Waals surface area contributed by atoms with E-state index in [9.17, 15) is 96.7 Å². The number of carbonyl (C=O) groups is 1. The molecule has 0 aromatic rings. The topological polar surface area (TPSA) is 492 Å². The summed E-state index contributed by atoms with van der Waals surface area (Å²) in [5.74, 6) is -1.00. The van der Waals surface area contributed by atoms with Crippen LogP contribution >= 0.6 is 0 Å². The molecular formula is C56H90O31. The third-order valence-electron chi connectivity index (χ3n) is 21.0. The van der Waals surface area contributed by atoms with Crippen LogP contribution in [0.2, 0.25) is 0 Å². The molecular weight excluding hydrogens is 1170 g/mol. The van der Waals surface area contributed by atoms with Crippen LogP contribution in [0.4, 0.5) is 0 Å². The van der Waals surface area contributed by atoms with Crippen LogP contribution in [-0.4, -0.2) is 315 Å². The standard InChI is InChI=1S/C56H90O31/c1-21-13-55-9-5-32-53(2,7-4-8-54(32,3)52(75)86-47-25(12-23(63)27(15-58)79-47)77-48-41(72)38(69)34(65)28(16-59)80-48)33(55)6-10-56(21,20-55)87-51-45(85-49-42(73)39(70)35(66)29(17-60)81-49)44(37(68)30(18-61)82-51)84-50-43(74)40(71)36(67)31(83-50)19-76-46-24(64)11-22(62)26(14-57)78-46/h22-51,57-74H,1,4-20H2,2-3H3/t22?,23?,24?,25?,26?,27?,28?,29?,30?,31?,32?,33-,34?,35?,36?,37?,38?,39?,40?,41?,42?,43+,44?,45?,46?,47?,48?,49?,50?,51?,53+,54+,55+,56-/m0/s1. The van der Waals surface area contributed by atoms with Crippen molar-refractivity contribution in [3.05, 3.63) is 12.2 Å². The molecule has 10 rings (SSSR count). The maximum absolute atomic E-state index is 15.0. The Hall–Kier alpha value is -1.95. The Bertz CT molecular complexity index is 2330. The zero-order valence-electron chi connectivity index (χ0n) is 48.4. The SMILES string of the molecule is C=C1C[C@@]23CCC4[C@](C)(C(=O)OC5OC(CO)C(O)CC5OC5OC(CO)C(O)C(O)C5O)CCC[C@@]4(C)[C@@H]2CC[C@]1(OC1OC(CO)C(O)C(OC2OC(COC4OC(CO)C(O)CC4O)C(O)C(O)[C@H]2O)C1OC1OC(CO)C(O)C(O)C1O)C3. The van der Waals surface area contributed by atoms with Crippen LogP contribution in [0, 0.1) is 28.1 Å². The Morgan fingerprint density at radius 1 is 0.494 bits per heavy atom. The molecule has 87 heavy (non-hydrogen) atoms. The van der Waals surface area contributed by atoms with Crippen LogP contribution in [0.15, 0.2) is 12.2 Å². The molecule has 28 unspecified atom stereocenters. The van der Waals surface area contributed by atoms with Crippen molar-refractivity contribution < 1.29 is 154 Å². The molecule has 34 atom stereocenters. The number of hydrogen-bond acceptors (Lipinski definition) is 31. The highest BCUT2D eigenvalue weighted by atomic mass is 16.8. The van der Waals surface area contributed by atoms with E-state index in [1.807, 2.05) is 6.92 Å². The Labute approximate surface area is 500 Å². The first-order chi connectivity index (χ1) is 41.2. The van der Waals surface area contributed by atoms with Crippen molar-refractivity contribution in [2.24, 2.45) is 28.1 Å². The number of hydrogen-bond donors (Lipinski definition) is 18. The first-order valence-corrected chi connectivity index (χ1v) is 30.2. The van der Waals surface area contributed by atoms with Gasteiger partial charge in [-0.1, -0.05) is 19.9 Å². The van der Waals surface area contributed by atoms with Crippen molar-refractivity contribution in [3.63, 3.8) is 0 Å². The largest absolute Gasteiger partial charge is 0.432 e.